The smallest absolute Gasteiger partial charge is 0.414 e. The van der Waals surface area contributed by atoms with Crippen LogP contribution in [-0.2, 0) is 4.74 Å². The van der Waals surface area contributed by atoms with Crippen molar-refractivity contribution in [2.45, 2.75) is 25.9 Å². The highest BCUT2D eigenvalue weighted by atomic mass is 19.1. The highest BCUT2D eigenvalue weighted by Crippen LogP contribution is 2.30. The van der Waals surface area contributed by atoms with Gasteiger partial charge in [-0.2, -0.15) is 0 Å². The van der Waals surface area contributed by atoms with Gasteiger partial charge in [0.25, 0.3) is 0 Å². The van der Waals surface area contributed by atoms with Crippen molar-refractivity contribution < 1.29 is 19.0 Å². The fourth-order valence-corrected chi connectivity index (χ4v) is 3.00. The van der Waals surface area contributed by atoms with Crippen LogP contribution in [0, 0.1) is 11.7 Å². The van der Waals surface area contributed by atoms with E-state index in [2.05, 4.69) is 11.8 Å². The zero-order valence-corrected chi connectivity index (χ0v) is 12.7. The van der Waals surface area contributed by atoms with E-state index >= 15 is 0 Å². The second-order valence-electron chi connectivity index (χ2n) is 6.10. The minimum absolute atomic E-state index is 0.227. The van der Waals surface area contributed by atoms with Crippen molar-refractivity contribution in [1.29, 1.82) is 0 Å². The van der Waals surface area contributed by atoms with E-state index in [0.717, 1.165) is 25.9 Å². The monoisotopic (exact) mass is 308 g/mol. The van der Waals surface area contributed by atoms with Crippen LogP contribution in [0.3, 0.4) is 0 Å². The quantitative estimate of drug-likeness (QED) is 0.931. The third-order valence-corrected chi connectivity index (χ3v) is 4.44. The Morgan fingerprint density at radius 3 is 2.68 bits per heavy atom. The molecule has 3 rings (SSSR count). The van der Waals surface area contributed by atoms with Crippen LogP contribution in [0.25, 0.3) is 0 Å². The van der Waals surface area contributed by atoms with Crippen molar-refractivity contribution in [3.63, 3.8) is 0 Å². The van der Waals surface area contributed by atoms with Crippen LogP contribution in [0.2, 0.25) is 0 Å². The molecule has 1 aromatic carbocycles. The SMILES string of the molecule is CC1CCN(c2ccc(N3CC(CO)OC3=O)cc2F)CC1. The molecule has 6 heteroatoms. The van der Waals surface area contributed by atoms with Crippen molar-refractivity contribution in [2.24, 2.45) is 5.92 Å². The molecule has 1 N–H and O–H groups in total. The molecule has 0 saturated carbocycles. The van der Waals surface area contributed by atoms with Crippen LogP contribution in [-0.4, -0.2) is 43.5 Å². The van der Waals surface area contributed by atoms with E-state index < -0.39 is 12.2 Å². The average molecular weight is 308 g/mol. The average Bonchev–Trinajstić information content (AvgIpc) is 2.89. The number of hydrogen-bond acceptors (Lipinski definition) is 4. The molecule has 0 aromatic heterocycles. The summed E-state index contributed by atoms with van der Waals surface area (Å²) >= 11 is 0. The van der Waals surface area contributed by atoms with E-state index in [1.54, 1.807) is 12.1 Å². The molecule has 1 unspecified atom stereocenters. The number of aliphatic hydroxyl groups is 1. The molecular formula is C16H21FN2O3. The number of carbonyl (C=O) groups excluding carboxylic acids is 1. The molecule has 1 atom stereocenters. The van der Waals surface area contributed by atoms with Gasteiger partial charge in [-0.15, -0.1) is 0 Å². The van der Waals surface area contributed by atoms with Crippen LogP contribution >= 0.6 is 0 Å². The van der Waals surface area contributed by atoms with Crippen LogP contribution in [0.15, 0.2) is 18.2 Å². The van der Waals surface area contributed by atoms with Gasteiger partial charge in [-0.1, -0.05) is 6.92 Å². The van der Waals surface area contributed by atoms with Gasteiger partial charge in [0.05, 0.1) is 24.5 Å². The van der Waals surface area contributed by atoms with E-state index in [1.807, 2.05) is 0 Å². The van der Waals surface area contributed by atoms with Gasteiger partial charge in [0.1, 0.15) is 11.9 Å². The molecule has 2 aliphatic heterocycles. The summed E-state index contributed by atoms with van der Waals surface area (Å²) in [6, 6.07) is 4.83. The molecule has 2 aliphatic rings. The molecule has 1 aromatic rings. The van der Waals surface area contributed by atoms with Crippen molar-refractivity contribution in [3.05, 3.63) is 24.0 Å². The molecule has 0 radical (unpaired) electrons. The van der Waals surface area contributed by atoms with Gasteiger partial charge in [0.2, 0.25) is 0 Å². The Hall–Kier alpha value is -1.82. The highest BCUT2D eigenvalue weighted by molar-refractivity contribution is 5.90. The van der Waals surface area contributed by atoms with Gasteiger partial charge < -0.3 is 14.7 Å². The third-order valence-electron chi connectivity index (χ3n) is 4.44. The molecular weight excluding hydrogens is 287 g/mol. The highest BCUT2D eigenvalue weighted by Gasteiger charge is 2.32. The number of ether oxygens (including phenoxy) is 1. The number of aliphatic hydroxyl groups excluding tert-OH is 1. The Morgan fingerprint density at radius 2 is 2.09 bits per heavy atom. The predicted molar refractivity (Wildman–Crippen MR) is 81.7 cm³/mol. The van der Waals surface area contributed by atoms with Crippen molar-refractivity contribution in [3.8, 4) is 0 Å². The predicted octanol–water partition coefficient (Wildman–Crippen LogP) is 2.38. The van der Waals surface area contributed by atoms with Crippen LogP contribution in [0.1, 0.15) is 19.8 Å². The first kappa shape index (κ1) is 15.1. The number of piperidine rings is 1. The first-order valence-electron chi connectivity index (χ1n) is 7.72. The maximum atomic E-state index is 14.4. The summed E-state index contributed by atoms with van der Waals surface area (Å²) in [6.45, 7) is 3.95. The van der Waals surface area contributed by atoms with Gasteiger partial charge in [-0.25, -0.2) is 9.18 Å². The standard InChI is InChI=1S/C16H21FN2O3/c1-11-4-6-18(7-5-11)15-3-2-12(8-14(15)17)19-9-13(10-20)22-16(19)21/h2-3,8,11,13,20H,4-7,9-10H2,1H3. The molecule has 2 saturated heterocycles. The number of carbonyl (C=O) groups is 1. The van der Waals surface area contributed by atoms with Gasteiger partial charge in [0, 0.05) is 13.1 Å². The fourth-order valence-electron chi connectivity index (χ4n) is 3.00. The molecule has 0 spiro atoms. The maximum absolute atomic E-state index is 14.4. The Balaban J connectivity index is 1.76. The second-order valence-corrected chi connectivity index (χ2v) is 6.10. The molecule has 22 heavy (non-hydrogen) atoms. The number of halogens is 1. The molecule has 2 fully saturated rings. The summed E-state index contributed by atoms with van der Waals surface area (Å²) in [6.07, 6.45) is 1.05. The lowest BCUT2D eigenvalue weighted by Crippen LogP contribution is -2.33. The first-order chi connectivity index (χ1) is 10.6. The topological polar surface area (TPSA) is 53.0 Å². The number of amides is 1. The summed E-state index contributed by atoms with van der Waals surface area (Å²) in [5.41, 5.74) is 1.05. The number of anilines is 2. The van der Waals surface area contributed by atoms with Gasteiger partial charge in [-0.3, -0.25) is 4.90 Å². The van der Waals surface area contributed by atoms with E-state index in [0.29, 0.717) is 17.3 Å². The number of cyclic esters (lactones) is 1. The van der Waals surface area contributed by atoms with E-state index in [9.17, 15) is 9.18 Å². The molecule has 1 amide bonds. The first-order valence-corrected chi connectivity index (χ1v) is 7.72. The Morgan fingerprint density at radius 1 is 1.36 bits per heavy atom. The third kappa shape index (κ3) is 2.88. The minimum atomic E-state index is -0.544. The molecule has 120 valence electrons. The lowest BCUT2D eigenvalue weighted by Gasteiger charge is -2.32. The maximum Gasteiger partial charge on any atom is 0.414 e. The molecule has 2 heterocycles. The van der Waals surface area contributed by atoms with Crippen LogP contribution in [0.4, 0.5) is 20.6 Å². The summed E-state index contributed by atoms with van der Waals surface area (Å²) in [5, 5.41) is 9.05. The number of nitrogens with zero attached hydrogens (tertiary/aromatic N) is 2. The van der Waals surface area contributed by atoms with Gasteiger partial charge in [-0.05, 0) is 37.0 Å². The zero-order valence-electron chi connectivity index (χ0n) is 12.7. The van der Waals surface area contributed by atoms with Gasteiger partial charge >= 0.3 is 6.09 Å². The fraction of sp³-hybridized carbons (Fsp3) is 0.562. The number of hydrogen-bond donors (Lipinski definition) is 1. The normalized spacial score (nSPS) is 23.0. The minimum Gasteiger partial charge on any atom is -0.441 e. The summed E-state index contributed by atoms with van der Waals surface area (Å²) in [4.78, 5) is 15.1. The lowest BCUT2D eigenvalue weighted by molar-refractivity contribution is 0.0963. The molecule has 5 nitrogen and oxygen atoms in total. The number of benzene rings is 1. The Bertz CT molecular complexity index is 558. The van der Waals surface area contributed by atoms with E-state index in [4.69, 9.17) is 9.84 Å². The van der Waals surface area contributed by atoms with Gasteiger partial charge in [0.15, 0.2) is 0 Å². The van der Waals surface area contributed by atoms with Crippen LogP contribution < -0.4 is 9.80 Å². The summed E-state index contributed by atoms with van der Waals surface area (Å²) in [7, 11) is 0. The van der Waals surface area contributed by atoms with E-state index in [-0.39, 0.29) is 19.0 Å². The van der Waals surface area contributed by atoms with Crippen molar-refractivity contribution in [1.82, 2.24) is 0 Å². The van der Waals surface area contributed by atoms with Crippen molar-refractivity contribution >= 4 is 17.5 Å². The molecule has 0 bridgehead atoms. The zero-order chi connectivity index (χ0) is 15.7. The van der Waals surface area contributed by atoms with Crippen molar-refractivity contribution in [2.75, 3.05) is 36.0 Å². The Kier molecular flexibility index (Phi) is 4.20. The molecule has 0 aliphatic carbocycles. The largest absolute Gasteiger partial charge is 0.441 e. The lowest BCUT2D eigenvalue weighted by atomic mass is 9.99. The summed E-state index contributed by atoms with van der Waals surface area (Å²) in [5.74, 6) is 0.362. The van der Waals surface area contributed by atoms with E-state index in [1.165, 1.54) is 11.0 Å². The van der Waals surface area contributed by atoms with Crippen LogP contribution in [0.5, 0.6) is 0 Å². The number of rotatable bonds is 3. The summed E-state index contributed by atoms with van der Waals surface area (Å²) < 4.78 is 19.4. The second kappa shape index (κ2) is 6.12. The Labute approximate surface area is 129 Å².